The summed E-state index contributed by atoms with van der Waals surface area (Å²) in [5, 5.41) is 2.50. The first kappa shape index (κ1) is 12.9. The Morgan fingerprint density at radius 1 is 1.25 bits per heavy atom. The van der Waals surface area contributed by atoms with Crippen molar-refractivity contribution in [2.45, 2.75) is 12.8 Å². The molecule has 0 radical (unpaired) electrons. The summed E-state index contributed by atoms with van der Waals surface area (Å²) >= 11 is 1.43. The molecule has 1 amide bonds. The number of rotatable bonds is 3. The highest BCUT2D eigenvalue weighted by atomic mass is 32.1. The van der Waals surface area contributed by atoms with Crippen LogP contribution in [-0.4, -0.2) is 17.4 Å². The van der Waals surface area contributed by atoms with Gasteiger partial charge in [-0.2, -0.15) is 0 Å². The maximum Gasteiger partial charge on any atom is 0.227 e. The van der Waals surface area contributed by atoms with Gasteiger partial charge < -0.3 is 10.6 Å². The third-order valence-corrected chi connectivity index (χ3v) is 3.96. The molecule has 1 aliphatic heterocycles. The van der Waals surface area contributed by atoms with Crippen molar-refractivity contribution in [1.82, 2.24) is 4.98 Å². The number of nitrogen functional groups attached to an aromatic ring is 1. The van der Waals surface area contributed by atoms with Gasteiger partial charge in [-0.3, -0.25) is 4.79 Å². The molecule has 0 aliphatic carbocycles. The number of anilines is 2. The Hall–Kier alpha value is -2.14. The fourth-order valence-electron chi connectivity index (χ4n) is 2.25. The zero-order valence-corrected chi connectivity index (χ0v) is 11.8. The van der Waals surface area contributed by atoms with Crippen molar-refractivity contribution in [3.05, 3.63) is 40.9 Å². The van der Waals surface area contributed by atoms with Crippen molar-refractivity contribution >= 4 is 40.2 Å². The van der Waals surface area contributed by atoms with Gasteiger partial charge in [-0.25, -0.2) is 4.98 Å². The molecule has 0 saturated carbocycles. The summed E-state index contributed by atoms with van der Waals surface area (Å²) in [7, 11) is 0. The van der Waals surface area contributed by atoms with E-state index in [-0.39, 0.29) is 5.91 Å². The van der Waals surface area contributed by atoms with Crippen molar-refractivity contribution in [3.63, 3.8) is 0 Å². The summed E-state index contributed by atoms with van der Waals surface area (Å²) < 4.78 is 0. The lowest BCUT2D eigenvalue weighted by atomic mass is 10.2. The largest absolute Gasteiger partial charge is 0.375 e. The summed E-state index contributed by atoms with van der Waals surface area (Å²) in [6.07, 6.45) is 5.53. The molecular formula is C15H15N3OS. The quantitative estimate of drug-likeness (QED) is 0.943. The fourth-order valence-corrected chi connectivity index (χ4v) is 2.78. The van der Waals surface area contributed by atoms with Crippen molar-refractivity contribution in [1.29, 1.82) is 0 Å². The Balaban J connectivity index is 1.73. The smallest absolute Gasteiger partial charge is 0.227 e. The number of carbonyl (C=O) groups is 1. The zero-order chi connectivity index (χ0) is 13.9. The minimum absolute atomic E-state index is 0.214. The molecule has 2 heterocycles. The van der Waals surface area contributed by atoms with Gasteiger partial charge in [0.25, 0.3) is 0 Å². The molecule has 1 aromatic carbocycles. The van der Waals surface area contributed by atoms with Crippen molar-refractivity contribution in [2.24, 2.45) is 0 Å². The summed E-state index contributed by atoms with van der Waals surface area (Å²) in [6.45, 7) is 0.826. The third-order valence-electron chi connectivity index (χ3n) is 3.26. The second-order valence-corrected chi connectivity index (χ2v) is 5.57. The molecule has 4 nitrogen and oxygen atoms in total. The Morgan fingerprint density at radius 3 is 2.65 bits per heavy atom. The number of carbonyl (C=O) groups excluding carboxylic acids is 1. The zero-order valence-electron chi connectivity index (χ0n) is 11.0. The average molecular weight is 285 g/mol. The molecule has 1 saturated heterocycles. The molecule has 1 aromatic heterocycles. The van der Waals surface area contributed by atoms with Gasteiger partial charge in [-0.15, -0.1) is 11.3 Å². The molecule has 2 aromatic rings. The number of nitrogens with zero attached hydrogens (tertiary/aromatic N) is 2. The molecule has 1 aliphatic rings. The van der Waals surface area contributed by atoms with E-state index in [9.17, 15) is 4.79 Å². The van der Waals surface area contributed by atoms with Crippen LogP contribution in [0.4, 0.5) is 10.8 Å². The van der Waals surface area contributed by atoms with E-state index in [0.29, 0.717) is 11.6 Å². The van der Waals surface area contributed by atoms with Crippen LogP contribution in [0.3, 0.4) is 0 Å². The van der Waals surface area contributed by atoms with Crippen LogP contribution in [0, 0.1) is 0 Å². The molecule has 20 heavy (non-hydrogen) atoms. The number of benzene rings is 1. The van der Waals surface area contributed by atoms with E-state index in [1.54, 1.807) is 0 Å². The predicted octanol–water partition coefficient (Wildman–Crippen LogP) is 3.02. The second kappa shape index (κ2) is 5.46. The van der Waals surface area contributed by atoms with Crippen LogP contribution in [-0.2, 0) is 4.79 Å². The number of hydrogen-bond acceptors (Lipinski definition) is 4. The molecule has 0 bridgehead atoms. The van der Waals surface area contributed by atoms with E-state index >= 15 is 0 Å². The van der Waals surface area contributed by atoms with E-state index < -0.39 is 0 Å². The molecule has 102 valence electrons. The van der Waals surface area contributed by atoms with Gasteiger partial charge in [-0.05, 0) is 30.2 Å². The molecule has 1 fully saturated rings. The lowest BCUT2D eigenvalue weighted by molar-refractivity contribution is -0.117. The molecule has 2 N–H and O–H groups in total. The van der Waals surface area contributed by atoms with Crippen molar-refractivity contribution in [2.75, 3.05) is 17.2 Å². The van der Waals surface area contributed by atoms with E-state index in [0.717, 1.165) is 29.9 Å². The maximum absolute atomic E-state index is 11.7. The van der Waals surface area contributed by atoms with Crippen molar-refractivity contribution < 1.29 is 4.79 Å². The standard InChI is InChI=1S/C15H15N3OS/c16-15-17-12(10-20-15)6-3-11-4-7-13(8-5-11)18-9-1-2-14(18)19/h3-8,10H,1-2,9H2,(H2,16,17). The van der Waals surface area contributed by atoms with Gasteiger partial charge in [0, 0.05) is 24.0 Å². The van der Waals surface area contributed by atoms with Crippen LogP contribution in [0.1, 0.15) is 24.1 Å². The van der Waals surface area contributed by atoms with Gasteiger partial charge in [0.1, 0.15) is 0 Å². The van der Waals surface area contributed by atoms with Crippen LogP contribution in [0.2, 0.25) is 0 Å². The topological polar surface area (TPSA) is 59.2 Å². The number of hydrogen-bond donors (Lipinski definition) is 1. The summed E-state index contributed by atoms with van der Waals surface area (Å²) in [4.78, 5) is 17.7. The Morgan fingerprint density at radius 2 is 2.05 bits per heavy atom. The SMILES string of the molecule is Nc1nc(C=Cc2ccc(N3CCCC3=O)cc2)cs1. The van der Waals surface area contributed by atoms with Crippen LogP contribution >= 0.6 is 11.3 Å². The highest BCUT2D eigenvalue weighted by Crippen LogP contribution is 2.22. The van der Waals surface area contributed by atoms with E-state index in [1.165, 1.54) is 11.3 Å². The van der Waals surface area contributed by atoms with Gasteiger partial charge in [0.2, 0.25) is 5.91 Å². The number of thiazole rings is 1. The fraction of sp³-hybridized carbons (Fsp3) is 0.200. The molecular weight excluding hydrogens is 270 g/mol. The lowest BCUT2D eigenvalue weighted by Crippen LogP contribution is -2.23. The number of nitrogens with two attached hydrogens (primary N) is 1. The van der Waals surface area contributed by atoms with Crippen LogP contribution in [0.5, 0.6) is 0 Å². The third kappa shape index (κ3) is 2.72. The summed E-state index contributed by atoms with van der Waals surface area (Å²) in [5.41, 5.74) is 8.50. The highest BCUT2D eigenvalue weighted by molar-refractivity contribution is 7.13. The first-order valence-corrected chi connectivity index (χ1v) is 7.40. The monoisotopic (exact) mass is 285 g/mol. The van der Waals surface area contributed by atoms with E-state index in [1.807, 2.05) is 46.7 Å². The van der Waals surface area contributed by atoms with E-state index in [4.69, 9.17) is 5.73 Å². The number of aromatic nitrogens is 1. The van der Waals surface area contributed by atoms with Crippen LogP contribution < -0.4 is 10.6 Å². The molecule has 3 rings (SSSR count). The normalized spacial score (nSPS) is 15.4. The molecule has 0 unspecified atom stereocenters. The first-order valence-electron chi connectivity index (χ1n) is 6.52. The van der Waals surface area contributed by atoms with Gasteiger partial charge in [0.05, 0.1) is 5.69 Å². The molecule has 0 spiro atoms. The van der Waals surface area contributed by atoms with Crippen LogP contribution in [0.15, 0.2) is 29.6 Å². The maximum atomic E-state index is 11.7. The Kier molecular flexibility index (Phi) is 3.52. The minimum atomic E-state index is 0.214. The van der Waals surface area contributed by atoms with Gasteiger partial charge in [0.15, 0.2) is 5.13 Å². The Bertz CT molecular complexity index is 645. The summed E-state index contributed by atoms with van der Waals surface area (Å²) in [5.74, 6) is 0.214. The number of amides is 1. The van der Waals surface area contributed by atoms with Crippen LogP contribution in [0.25, 0.3) is 12.2 Å². The molecule has 5 heteroatoms. The summed E-state index contributed by atoms with van der Waals surface area (Å²) in [6, 6.07) is 7.98. The first-order chi connectivity index (χ1) is 9.72. The lowest BCUT2D eigenvalue weighted by Gasteiger charge is -2.15. The minimum Gasteiger partial charge on any atom is -0.375 e. The van der Waals surface area contributed by atoms with Crippen molar-refractivity contribution in [3.8, 4) is 0 Å². The molecule has 0 atom stereocenters. The Labute approximate surface area is 121 Å². The average Bonchev–Trinajstić information content (AvgIpc) is 3.06. The predicted molar refractivity (Wildman–Crippen MR) is 83.5 cm³/mol. The van der Waals surface area contributed by atoms with E-state index in [2.05, 4.69) is 4.98 Å². The second-order valence-electron chi connectivity index (χ2n) is 4.68. The van der Waals surface area contributed by atoms with Gasteiger partial charge in [-0.1, -0.05) is 18.2 Å². The van der Waals surface area contributed by atoms with Gasteiger partial charge >= 0.3 is 0 Å². The highest BCUT2D eigenvalue weighted by Gasteiger charge is 2.21.